The van der Waals surface area contributed by atoms with Gasteiger partial charge in [0.05, 0.1) is 12.2 Å². The summed E-state index contributed by atoms with van der Waals surface area (Å²) in [6.45, 7) is 2.30. The van der Waals surface area contributed by atoms with Crippen LogP contribution in [0.3, 0.4) is 0 Å². The zero-order valence-electron chi connectivity index (χ0n) is 17.1. The average molecular weight is 454 g/mol. The molecule has 0 saturated heterocycles. The second kappa shape index (κ2) is 11.1. The highest BCUT2D eigenvalue weighted by Gasteiger charge is 2.29. The highest BCUT2D eigenvalue weighted by atomic mass is 35.5. The molecule has 6 nitrogen and oxygen atoms in total. The number of nitrogens with two attached hydrogens (primary N) is 1. The summed E-state index contributed by atoms with van der Waals surface area (Å²) in [7, 11) is 0. The molecule has 0 radical (unpaired) electrons. The maximum absolute atomic E-state index is 14.7. The zero-order valence-corrected chi connectivity index (χ0v) is 17.9. The molecule has 0 aliphatic heterocycles. The molecule has 4 N–H and O–H groups in total. The third-order valence-electron chi connectivity index (χ3n) is 4.80. The first-order chi connectivity index (χ1) is 14.4. The van der Waals surface area contributed by atoms with E-state index in [4.69, 9.17) is 20.6 Å². The maximum atomic E-state index is 14.7. The molecule has 0 spiro atoms. The molecule has 1 saturated carbocycles. The van der Waals surface area contributed by atoms with Gasteiger partial charge in [-0.1, -0.05) is 24.3 Å². The lowest BCUT2D eigenvalue weighted by molar-refractivity contribution is -0.133. The smallest absolute Gasteiger partial charge is 0.254 e. The van der Waals surface area contributed by atoms with Crippen molar-refractivity contribution in [3.8, 4) is 5.75 Å². The molecular weight excluding hydrogens is 428 g/mol. The van der Waals surface area contributed by atoms with Crippen LogP contribution in [0.5, 0.6) is 5.75 Å². The van der Waals surface area contributed by atoms with E-state index in [1.165, 1.54) is 0 Å². The Morgan fingerprint density at radius 1 is 1.23 bits per heavy atom. The molecule has 0 bridgehead atoms. The minimum Gasteiger partial charge on any atom is -0.493 e. The largest absolute Gasteiger partial charge is 0.493 e. The van der Waals surface area contributed by atoms with Crippen LogP contribution in [0.25, 0.3) is 0 Å². The topological polar surface area (TPSA) is 97.4 Å². The fraction of sp³-hybridized carbons (Fsp3) is 0.364. The van der Waals surface area contributed by atoms with Crippen molar-refractivity contribution in [2.45, 2.75) is 32.4 Å². The van der Waals surface area contributed by atoms with Gasteiger partial charge in [0.25, 0.3) is 5.91 Å². The van der Waals surface area contributed by atoms with Gasteiger partial charge in [0.15, 0.2) is 6.10 Å². The minimum absolute atomic E-state index is 0. The van der Waals surface area contributed by atoms with Gasteiger partial charge in [0.2, 0.25) is 0 Å². The van der Waals surface area contributed by atoms with E-state index < -0.39 is 29.2 Å². The number of benzene rings is 2. The van der Waals surface area contributed by atoms with Crippen molar-refractivity contribution in [2.75, 3.05) is 13.2 Å². The van der Waals surface area contributed by atoms with Gasteiger partial charge in [-0.05, 0) is 31.2 Å². The third kappa shape index (κ3) is 6.63. The van der Waals surface area contributed by atoms with Crippen molar-refractivity contribution in [3.63, 3.8) is 0 Å². The molecule has 1 aliphatic rings. The Morgan fingerprint density at radius 3 is 2.35 bits per heavy atom. The minimum atomic E-state index is -1.43. The van der Waals surface area contributed by atoms with Gasteiger partial charge in [-0.15, -0.1) is 12.4 Å². The number of rotatable bonds is 10. The molecule has 2 aromatic rings. The number of nitrogen functional groups attached to an aromatic ring is 1. The van der Waals surface area contributed by atoms with Crippen molar-refractivity contribution in [1.82, 2.24) is 5.32 Å². The fourth-order valence-corrected chi connectivity index (χ4v) is 2.93. The van der Waals surface area contributed by atoms with Crippen LogP contribution in [0.1, 0.15) is 42.6 Å². The van der Waals surface area contributed by atoms with Crippen LogP contribution in [0.4, 0.5) is 8.78 Å². The van der Waals surface area contributed by atoms with E-state index in [1.807, 2.05) is 0 Å². The zero-order chi connectivity index (χ0) is 21.7. The summed E-state index contributed by atoms with van der Waals surface area (Å²) in [6, 6.07) is 8.90. The van der Waals surface area contributed by atoms with Crippen LogP contribution < -0.4 is 15.8 Å². The molecule has 31 heavy (non-hydrogen) atoms. The molecule has 1 amide bonds. The Kier molecular flexibility index (Phi) is 8.76. The Hall–Kier alpha value is -2.71. The SMILES string of the molecule is CCOC(C(=O)NCc1ccc(C(=N)N)cc1)c1c(F)cc(OCC2CC2)cc1F.Cl. The van der Waals surface area contributed by atoms with Gasteiger partial charge < -0.3 is 20.5 Å². The molecule has 3 rings (SSSR count). The molecular formula is C22H26ClF2N3O3. The van der Waals surface area contributed by atoms with E-state index in [2.05, 4.69) is 5.32 Å². The number of halogens is 3. The van der Waals surface area contributed by atoms with E-state index in [0.29, 0.717) is 18.1 Å². The van der Waals surface area contributed by atoms with E-state index >= 15 is 0 Å². The first-order valence-corrected chi connectivity index (χ1v) is 9.83. The van der Waals surface area contributed by atoms with Crippen LogP contribution in [0.15, 0.2) is 36.4 Å². The maximum Gasteiger partial charge on any atom is 0.254 e. The molecule has 2 aromatic carbocycles. The second-order valence-corrected chi connectivity index (χ2v) is 7.22. The summed E-state index contributed by atoms with van der Waals surface area (Å²) in [5.41, 5.74) is 6.28. The predicted octanol–water partition coefficient (Wildman–Crippen LogP) is 3.85. The van der Waals surface area contributed by atoms with E-state index in [1.54, 1.807) is 31.2 Å². The van der Waals surface area contributed by atoms with Gasteiger partial charge in [0, 0.05) is 30.8 Å². The summed E-state index contributed by atoms with van der Waals surface area (Å²) in [5.74, 6) is -1.95. The van der Waals surface area contributed by atoms with E-state index in [9.17, 15) is 13.6 Å². The number of hydrogen-bond acceptors (Lipinski definition) is 4. The quantitative estimate of drug-likeness (QED) is 0.376. The average Bonchev–Trinajstić information content (AvgIpc) is 3.54. The lowest BCUT2D eigenvalue weighted by atomic mass is 10.1. The number of hydrogen-bond donors (Lipinski definition) is 3. The number of amidine groups is 1. The van der Waals surface area contributed by atoms with Crippen LogP contribution in [-0.4, -0.2) is 25.0 Å². The highest BCUT2D eigenvalue weighted by Crippen LogP contribution is 2.32. The van der Waals surface area contributed by atoms with Gasteiger partial charge >= 0.3 is 0 Å². The lowest BCUT2D eigenvalue weighted by Crippen LogP contribution is -2.31. The number of carbonyl (C=O) groups is 1. The molecule has 1 aliphatic carbocycles. The predicted molar refractivity (Wildman–Crippen MR) is 115 cm³/mol. The molecule has 168 valence electrons. The van der Waals surface area contributed by atoms with Gasteiger partial charge in [0.1, 0.15) is 23.2 Å². The summed E-state index contributed by atoms with van der Waals surface area (Å²) < 4.78 is 40.1. The normalized spacial score (nSPS) is 13.8. The number of carbonyl (C=O) groups excluding carboxylic acids is 1. The summed E-state index contributed by atoms with van der Waals surface area (Å²) in [4.78, 5) is 12.6. The summed E-state index contributed by atoms with van der Waals surface area (Å²) in [5, 5.41) is 10.0. The number of ether oxygens (including phenoxy) is 2. The van der Waals surface area contributed by atoms with Crippen LogP contribution in [0, 0.1) is 23.0 Å². The second-order valence-electron chi connectivity index (χ2n) is 7.22. The van der Waals surface area contributed by atoms with Gasteiger partial charge in [-0.25, -0.2) is 8.78 Å². The van der Waals surface area contributed by atoms with Crippen molar-refractivity contribution in [3.05, 3.63) is 64.7 Å². The van der Waals surface area contributed by atoms with E-state index in [0.717, 1.165) is 30.5 Å². The van der Waals surface area contributed by atoms with Crippen LogP contribution in [-0.2, 0) is 16.1 Å². The summed E-state index contributed by atoms with van der Waals surface area (Å²) in [6.07, 6.45) is 0.698. The highest BCUT2D eigenvalue weighted by molar-refractivity contribution is 5.94. The fourth-order valence-electron chi connectivity index (χ4n) is 2.93. The Morgan fingerprint density at radius 2 is 1.84 bits per heavy atom. The number of nitrogens with one attached hydrogen (secondary N) is 2. The lowest BCUT2D eigenvalue weighted by Gasteiger charge is -2.19. The Bertz CT molecular complexity index is 898. The van der Waals surface area contributed by atoms with Crippen molar-refractivity contribution >= 4 is 24.1 Å². The monoisotopic (exact) mass is 453 g/mol. The van der Waals surface area contributed by atoms with Gasteiger partial charge in [-0.2, -0.15) is 0 Å². The van der Waals surface area contributed by atoms with Crippen LogP contribution in [0.2, 0.25) is 0 Å². The summed E-state index contributed by atoms with van der Waals surface area (Å²) >= 11 is 0. The first-order valence-electron chi connectivity index (χ1n) is 9.83. The molecule has 1 atom stereocenters. The van der Waals surface area contributed by atoms with Crippen molar-refractivity contribution < 1.29 is 23.0 Å². The number of amides is 1. The molecule has 0 aromatic heterocycles. The third-order valence-corrected chi connectivity index (χ3v) is 4.80. The van der Waals surface area contributed by atoms with E-state index in [-0.39, 0.29) is 37.1 Å². The van der Waals surface area contributed by atoms with Crippen LogP contribution >= 0.6 is 12.4 Å². The standard InChI is InChI=1S/C22H25F2N3O3.ClH/c1-2-29-20(22(28)27-11-13-5-7-15(8-6-13)21(25)26)19-17(23)9-16(10-18(19)24)30-12-14-3-4-14;/h5-10,14,20H,2-4,11-12H2,1H3,(H3,25,26)(H,27,28);1H. The molecule has 1 unspecified atom stereocenters. The van der Waals surface area contributed by atoms with Crippen molar-refractivity contribution in [1.29, 1.82) is 5.41 Å². The van der Waals surface area contributed by atoms with Crippen molar-refractivity contribution in [2.24, 2.45) is 11.7 Å². The molecule has 0 heterocycles. The Balaban J connectivity index is 0.00000341. The molecule has 1 fully saturated rings. The first kappa shape index (κ1) is 24.6. The molecule has 9 heteroatoms. The Labute approximate surface area is 186 Å². The van der Waals surface area contributed by atoms with Gasteiger partial charge in [-0.3, -0.25) is 10.2 Å².